The Hall–Kier alpha value is -6.18. The first-order valence-electron chi connectivity index (χ1n) is 20.3. The van der Waals surface area contributed by atoms with E-state index in [9.17, 15) is 0 Å². The summed E-state index contributed by atoms with van der Waals surface area (Å²) in [6.45, 7) is 17.4. The van der Waals surface area contributed by atoms with E-state index in [1.165, 1.54) is 88.7 Å². The minimum absolute atomic E-state index is 0.966. The molecule has 286 valence electrons. The predicted molar refractivity (Wildman–Crippen MR) is 249 cm³/mol. The first-order valence-corrected chi connectivity index (χ1v) is 20.3. The van der Waals surface area contributed by atoms with Crippen LogP contribution in [0.5, 0.6) is 0 Å². The third-order valence-electron chi connectivity index (χ3n) is 10.7. The normalized spacial score (nSPS) is 11.5. The molecule has 0 spiro atoms. The van der Waals surface area contributed by atoms with E-state index in [2.05, 4.69) is 195 Å². The molecule has 0 fully saturated rings. The van der Waals surface area contributed by atoms with Crippen LogP contribution in [-0.4, -0.2) is 0 Å². The third kappa shape index (κ3) is 9.80. The van der Waals surface area contributed by atoms with Gasteiger partial charge < -0.3 is 4.42 Å². The van der Waals surface area contributed by atoms with E-state index in [-0.39, 0.29) is 0 Å². The molecule has 1 nitrogen and oxygen atoms in total. The van der Waals surface area contributed by atoms with Gasteiger partial charge in [0.1, 0.15) is 11.2 Å². The average molecular weight is 745 g/mol. The predicted octanol–water partition coefficient (Wildman–Crippen LogP) is 16.5. The summed E-state index contributed by atoms with van der Waals surface area (Å²) in [5.74, 6) is 0. The van der Waals surface area contributed by atoms with E-state index in [1.54, 1.807) is 0 Å². The van der Waals surface area contributed by atoms with Gasteiger partial charge >= 0.3 is 0 Å². The Kier molecular flexibility index (Phi) is 13.6. The summed E-state index contributed by atoms with van der Waals surface area (Å²) in [5.41, 5.74) is 20.5. The first kappa shape index (κ1) is 40.5. The number of aryl methyl sites for hydroxylation is 5. The topological polar surface area (TPSA) is 13.1 Å². The molecule has 0 saturated carbocycles. The van der Waals surface area contributed by atoms with Crippen LogP contribution in [0, 0.1) is 27.7 Å². The van der Waals surface area contributed by atoms with Gasteiger partial charge in [0.15, 0.2) is 0 Å². The van der Waals surface area contributed by atoms with Gasteiger partial charge in [-0.25, -0.2) is 0 Å². The maximum absolute atomic E-state index is 5.71. The molecule has 0 amide bonds. The largest absolute Gasteiger partial charge is 0.456 e. The smallest absolute Gasteiger partial charge is 0.135 e. The minimum Gasteiger partial charge on any atom is -0.456 e. The Bertz CT molecular complexity index is 2650. The summed E-state index contributed by atoms with van der Waals surface area (Å²) in [4.78, 5) is 0. The summed E-state index contributed by atoms with van der Waals surface area (Å²) >= 11 is 0. The van der Waals surface area contributed by atoms with Crippen molar-refractivity contribution in [1.82, 2.24) is 0 Å². The number of furan rings is 1. The van der Waals surface area contributed by atoms with Crippen molar-refractivity contribution < 1.29 is 4.42 Å². The lowest BCUT2D eigenvalue weighted by molar-refractivity contribution is 0.669. The molecule has 1 heterocycles. The van der Waals surface area contributed by atoms with Gasteiger partial charge in [-0.15, -0.1) is 0 Å². The van der Waals surface area contributed by atoms with E-state index in [0.717, 1.165) is 24.0 Å². The van der Waals surface area contributed by atoms with Crippen molar-refractivity contribution in [2.45, 2.75) is 68.2 Å². The number of hydrogen-bond acceptors (Lipinski definition) is 1. The number of rotatable bonds is 7. The van der Waals surface area contributed by atoms with Crippen LogP contribution < -0.4 is 0 Å². The van der Waals surface area contributed by atoms with Crippen LogP contribution in [0.4, 0.5) is 0 Å². The zero-order valence-electron chi connectivity index (χ0n) is 35.0. The number of para-hydroxylation sites is 1. The second-order valence-corrected chi connectivity index (χ2v) is 14.9. The van der Waals surface area contributed by atoms with Crippen LogP contribution in [0.3, 0.4) is 0 Å². The fraction of sp³-hybridized carbons (Fsp3) is 0.179. The second kappa shape index (κ2) is 19.1. The fourth-order valence-corrected chi connectivity index (χ4v) is 7.64. The third-order valence-corrected chi connectivity index (χ3v) is 10.7. The first-order chi connectivity index (χ1) is 27.7. The van der Waals surface area contributed by atoms with Gasteiger partial charge in [-0.05, 0) is 151 Å². The van der Waals surface area contributed by atoms with E-state index in [0.29, 0.717) is 0 Å². The Balaban J connectivity index is 0.000000166. The van der Waals surface area contributed by atoms with Crippen molar-refractivity contribution in [3.63, 3.8) is 0 Å². The van der Waals surface area contributed by atoms with Crippen LogP contribution in [0.1, 0.15) is 67.5 Å². The van der Waals surface area contributed by atoms with E-state index >= 15 is 0 Å². The van der Waals surface area contributed by atoms with E-state index in [4.69, 9.17) is 4.42 Å². The molecule has 1 heteroatoms. The molecule has 8 aromatic rings. The molecule has 0 radical (unpaired) electrons. The molecular formula is C56H56O. The average Bonchev–Trinajstić information content (AvgIpc) is 3.60. The van der Waals surface area contributed by atoms with Gasteiger partial charge in [-0.2, -0.15) is 0 Å². The zero-order chi connectivity index (χ0) is 40.3. The molecule has 0 saturated heterocycles. The summed E-state index contributed by atoms with van der Waals surface area (Å²) in [6.07, 6.45) is 6.45. The summed E-state index contributed by atoms with van der Waals surface area (Å²) in [7, 11) is 0. The highest BCUT2D eigenvalue weighted by atomic mass is 16.3. The van der Waals surface area contributed by atoms with Gasteiger partial charge in [0.05, 0.1) is 0 Å². The molecule has 0 bridgehead atoms. The number of fused-ring (bicyclic) bond motifs is 3. The molecule has 0 N–H and O–H groups in total. The molecule has 57 heavy (non-hydrogen) atoms. The SMILES string of the molecule is C/C=C\C(C)=C(/CC)c1cc(-c2ccc(C)c(-c3ccccc3C)c2)ccc1CC.Cc1ccc2oc3ccccc3c2c1.Cc1cccc(-c2ccccc2)c1. The Morgan fingerprint density at radius 2 is 1.14 bits per heavy atom. The lowest BCUT2D eigenvalue weighted by Gasteiger charge is -2.17. The highest BCUT2D eigenvalue weighted by Gasteiger charge is 2.12. The van der Waals surface area contributed by atoms with Crippen LogP contribution in [0.15, 0.2) is 180 Å². The van der Waals surface area contributed by atoms with Crippen molar-refractivity contribution in [2.75, 3.05) is 0 Å². The highest BCUT2D eigenvalue weighted by molar-refractivity contribution is 6.05. The number of hydrogen-bond donors (Lipinski definition) is 0. The fourth-order valence-electron chi connectivity index (χ4n) is 7.64. The summed E-state index contributed by atoms with van der Waals surface area (Å²) in [5, 5.41) is 2.41. The molecule has 7 aromatic carbocycles. The van der Waals surface area contributed by atoms with Crippen molar-refractivity contribution in [1.29, 1.82) is 0 Å². The molecule has 0 aliphatic carbocycles. The second-order valence-electron chi connectivity index (χ2n) is 14.9. The summed E-state index contributed by atoms with van der Waals surface area (Å²) < 4.78 is 5.71. The van der Waals surface area contributed by atoms with E-state index in [1.807, 2.05) is 30.3 Å². The van der Waals surface area contributed by atoms with Gasteiger partial charge in [0.25, 0.3) is 0 Å². The molecule has 1 aromatic heterocycles. The Labute approximate surface area is 341 Å². The Morgan fingerprint density at radius 1 is 0.509 bits per heavy atom. The van der Waals surface area contributed by atoms with Gasteiger partial charge in [-0.3, -0.25) is 0 Å². The van der Waals surface area contributed by atoms with Crippen LogP contribution in [0.25, 0.3) is 60.9 Å². The summed E-state index contributed by atoms with van der Waals surface area (Å²) in [6, 6.07) is 56.0. The van der Waals surface area contributed by atoms with E-state index < -0.39 is 0 Å². The van der Waals surface area contributed by atoms with Crippen molar-refractivity contribution >= 4 is 27.5 Å². The van der Waals surface area contributed by atoms with Crippen molar-refractivity contribution in [2.24, 2.45) is 0 Å². The number of benzene rings is 7. The maximum Gasteiger partial charge on any atom is 0.135 e. The highest BCUT2D eigenvalue weighted by Crippen LogP contribution is 2.35. The molecule has 0 aliphatic heterocycles. The minimum atomic E-state index is 0.966. The molecule has 0 aliphatic rings. The van der Waals surface area contributed by atoms with Crippen LogP contribution in [0.2, 0.25) is 0 Å². The monoisotopic (exact) mass is 744 g/mol. The molecular weight excluding hydrogens is 689 g/mol. The van der Waals surface area contributed by atoms with Crippen LogP contribution in [-0.2, 0) is 6.42 Å². The molecule has 0 unspecified atom stereocenters. The Morgan fingerprint density at radius 3 is 1.88 bits per heavy atom. The van der Waals surface area contributed by atoms with Gasteiger partial charge in [0.2, 0.25) is 0 Å². The molecule has 0 atom stereocenters. The van der Waals surface area contributed by atoms with Crippen LogP contribution >= 0.6 is 0 Å². The van der Waals surface area contributed by atoms with Gasteiger partial charge in [-0.1, -0.05) is 165 Å². The number of allylic oxidation sites excluding steroid dienone is 4. The maximum atomic E-state index is 5.71. The standard InChI is InChI=1S/C30H34.C13H10O.C13H12/c1-7-12-21(4)27(9-3)30-20-26(18-17-24(30)8-2)25-16-15-23(6)29(19-25)28-14-11-10-13-22(28)5;1-9-6-7-13-11(8-9)10-4-2-3-5-12(10)14-13;1-11-6-5-9-13(10-11)12-7-3-2-4-8-12/h7,10-20H,8-9H2,1-6H3;2-8H,1H3;2-10H,1H3/b12-7-,27-21+;;. The lowest BCUT2D eigenvalue weighted by Crippen LogP contribution is -1.96. The van der Waals surface area contributed by atoms with Gasteiger partial charge in [0, 0.05) is 10.8 Å². The van der Waals surface area contributed by atoms with Crippen molar-refractivity contribution in [3.8, 4) is 33.4 Å². The molecule has 8 rings (SSSR count). The van der Waals surface area contributed by atoms with Crippen molar-refractivity contribution in [3.05, 3.63) is 209 Å². The quantitative estimate of drug-likeness (QED) is 0.148. The zero-order valence-corrected chi connectivity index (χ0v) is 35.0. The lowest BCUT2D eigenvalue weighted by atomic mass is 9.88.